The Balaban J connectivity index is 2.85. The first-order chi connectivity index (χ1) is 9.40. The van der Waals surface area contributed by atoms with Crippen molar-refractivity contribution in [3.8, 4) is 0 Å². The minimum absolute atomic E-state index is 0.665. The van der Waals surface area contributed by atoms with Crippen LogP contribution in [-0.4, -0.2) is 18.6 Å². The first kappa shape index (κ1) is 17.3. The zero-order valence-corrected chi connectivity index (χ0v) is 14.6. The molecule has 0 spiro atoms. The Morgan fingerprint density at radius 1 is 1.40 bits per heavy atom. The Morgan fingerprint density at radius 3 is 2.65 bits per heavy atom. The third-order valence-corrected chi connectivity index (χ3v) is 7.19. The third-order valence-electron chi connectivity index (χ3n) is 2.73. The molecular formula is C14H24N3OPS. The molecule has 0 aliphatic heterocycles. The second-order valence-electron chi connectivity index (χ2n) is 4.71. The number of nitrogens with zero attached hydrogens (tertiary/aromatic N) is 1. The van der Waals surface area contributed by atoms with Crippen LogP contribution in [0.5, 0.6) is 0 Å². The third kappa shape index (κ3) is 5.31. The van der Waals surface area contributed by atoms with Crippen LogP contribution in [0.2, 0.25) is 0 Å². The molecule has 1 aromatic carbocycles. The summed E-state index contributed by atoms with van der Waals surface area (Å²) in [6.45, 7) is 5.28. The fourth-order valence-corrected chi connectivity index (χ4v) is 5.11. The topological polar surface area (TPSA) is 53.5 Å². The zero-order chi connectivity index (χ0) is 15.2. The highest BCUT2D eigenvalue weighted by Crippen LogP contribution is 2.56. The lowest BCUT2D eigenvalue weighted by Gasteiger charge is -2.14. The van der Waals surface area contributed by atoms with Gasteiger partial charge in [0.05, 0.1) is 0 Å². The lowest BCUT2D eigenvalue weighted by atomic mass is 10.1. The Hall–Kier alpha value is -0.770. The number of benzene rings is 1. The summed E-state index contributed by atoms with van der Waals surface area (Å²) < 4.78 is 16.8. The van der Waals surface area contributed by atoms with Gasteiger partial charge in [-0.3, -0.25) is 4.57 Å². The van der Waals surface area contributed by atoms with Crippen molar-refractivity contribution in [1.82, 2.24) is 5.09 Å². The second kappa shape index (κ2) is 7.87. The van der Waals surface area contributed by atoms with Crippen LogP contribution >= 0.6 is 18.0 Å². The van der Waals surface area contributed by atoms with E-state index in [1.54, 1.807) is 7.05 Å². The summed E-state index contributed by atoms with van der Waals surface area (Å²) in [5, 5.41) is 6.07. The van der Waals surface area contributed by atoms with E-state index in [-0.39, 0.29) is 0 Å². The molecule has 0 bridgehead atoms. The van der Waals surface area contributed by atoms with Crippen LogP contribution in [0.1, 0.15) is 31.4 Å². The summed E-state index contributed by atoms with van der Waals surface area (Å²) in [7, 11) is 1.69. The number of aryl methyl sites for hydroxylation is 2. The van der Waals surface area contributed by atoms with Gasteiger partial charge in [-0.15, -0.1) is 0 Å². The van der Waals surface area contributed by atoms with Gasteiger partial charge in [0.1, 0.15) is 5.84 Å². The summed E-state index contributed by atoms with van der Waals surface area (Å²) in [4.78, 5) is 0. The Kier molecular flexibility index (Phi) is 6.80. The van der Waals surface area contributed by atoms with E-state index in [9.17, 15) is 4.57 Å². The van der Waals surface area contributed by atoms with E-state index in [4.69, 9.17) is 0 Å². The van der Waals surface area contributed by atoms with Crippen LogP contribution in [0.15, 0.2) is 23.0 Å². The highest BCUT2D eigenvalue weighted by molar-refractivity contribution is 8.57. The SMILES string of the molecule is CCCSP(=O)(N=C(C)Nc1ccc(C)cc1C)NC. The van der Waals surface area contributed by atoms with Crippen molar-refractivity contribution in [1.29, 1.82) is 0 Å². The van der Waals surface area contributed by atoms with Gasteiger partial charge in [0.2, 0.25) is 0 Å². The van der Waals surface area contributed by atoms with E-state index in [0.29, 0.717) is 5.84 Å². The summed E-state index contributed by atoms with van der Waals surface area (Å²) in [6.07, 6.45) is 0.982. The molecule has 0 aromatic heterocycles. The molecule has 6 heteroatoms. The highest BCUT2D eigenvalue weighted by atomic mass is 32.7. The number of anilines is 1. The van der Waals surface area contributed by atoms with Crippen LogP contribution < -0.4 is 10.4 Å². The molecule has 4 nitrogen and oxygen atoms in total. The molecule has 0 heterocycles. The first-order valence-electron chi connectivity index (χ1n) is 6.75. The van der Waals surface area contributed by atoms with Crippen molar-refractivity contribution >= 4 is 29.5 Å². The largest absolute Gasteiger partial charge is 0.344 e. The van der Waals surface area contributed by atoms with Gasteiger partial charge in [-0.2, -0.15) is 4.76 Å². The van der Waals surface area contributed by atoms with Gasteiger partial charge in [-0.1, -0.05) is 36.0 Å². The molecule has 0 fully saturated rings. The summed E-state index contributed by atoms with van der Waals surface area (Å²) >= 11 is 1.39. The van der Waals surface area contributed by atoms with Crippen molar-refractivity contribution in [2.45, 2.75) is 34.1 Å². The van der Waals surface area contributed by atoms with Gasteiger partial charge in [0.25, 0.3) is 0 Å². The molecule has 0 aliphatic carbocycles. The van der Waals surface area contributed by atoms with Crippen molar-refractivity contribution < 1.29 is 4.57 Å². The van der Waals surface area contributed by atoms with Gasteiger partial charge < -0.3 is 5.32 Å². The molecule has 0 saturated carbocycles. The van der Waals surface area contributed by atoms with Gasteiger partial charge in [0, 0.05) is 11.4 Å². The molecule has 20 heavy (non-hydrogen) atoms. The summed E-state index contributed by atoms with van der Waals surface area (Å²) in [6, 6.07) is 6.18. The first-order valence-corrected chi connectivity index (χ1v) is 10.00. The van der Waals surface area contributed by atoms with Gasteiger partial charge >= 0.3 is 6.65 Å². The lowest BCUT2D eigenvalue weighted by molar-refractivity contribution is 0.581. The molecule has 0 amide bonds. The van der Waals surface area contributed by atoms with Gasteiger partial charge in [-0.05, 0) is 45.9 Å². The lowest BCUT2D eigenvalue weighted by Crippen LogP contribution is -2.10. The maximum Gasteiger partial charge on any atom is 0.312 e. The average molecular weight is 313 g/mol. The Bertz CT molecular complexity index is 531. The van der Waals surface area contributed by atoms with Crippen LogP contribution in [0.25, 0.3) is 0 Å². The summed E-state index contributed by atoms with van der Waals surface area (Å²) in [5.74, 6) is 1.50. The minimum Gasteiger partial charge on any atom is -0.344 e. The molecule has 0 radical (unpaired) electrons. The van der Waals surface area contributed by atoms with E-state index >= 15 is 0 Å². The van der Waals surface area contributed by atoms with E-state index in [1.165, 1.54) is 16.9 Å². The zero-order valence-electron chi connectivity index (χ0n) is 12.9. The molecule has 2 N–H and O–H groups in total. The maximum atomic E-state index is 12.5. The summed E-state index contributed by atoms with van der Waals surface area (Å²) in [5.41, 5.74) is 3.38. The quantitative estimate of drug-likeness (QED) is 0.458. The normalized spacial score (nSPS) is 14.9. The fraction of sp³-hybridized carbons (Fsp3) is 0.500. The van der Waals surface area contributed by atoms with E-state index < -0.39 is 6.65 Å². The standard InChI is InChI=1S/C14H24N3OPS/c1-6-9-20-19(18,15-5)17-13(4)16-14-8-7-11(2)10-12(14)3/h7-8,10H,6,9H2,1-5H3,(H2,15,16,17,18). The highest BCUT2D eigenvalue weighted by Gasteiger charge is 2.18. The van der Waals surface area contributed by atoms with Crippen LogP contribution in [0, 0.1) is 13.8 Å². The van der Waals surface area contributed by atoms with Crippen molar-refractivity contribution in [3.63, 3.8) is 0 Å². The van der Waals surface area contributed by atoms with Crippen molar-refractivity contribution in [2.75, 3.05) is 18.1 Å². The maximum absolute atomic E-state index is 12.5. The Morgan fingerprint density at radius 2 is 2.10 bits per heavy atom. The fourth-order valence-electron chi connectivity index (χ4n) is 1.73. The monoisotopic (exact) mass is 313 g/mol. The number of amidine groups is 1. The molecule has 112 valence electrons. The molecular weight excluding hydrogens is 289 g/mol. The number of hydrogen-bond donors (Lipinski definition) is 2. The van der Waals surface area contributed by atoms with Crippen LogP contribution in [0.4, 0.5) is 5.69 Å². The van der Waals surface area contributed by atoms with E-state index in [2.05, 4.69) is 35.1 Å². The number of rotatable bonds is 6. The molecule has 1 aromatic rings. The predicted octanol–water partition coefficient (Wildman–Crippen LogP) is 4.60. The Labute approximate surface area is 126 Å². The van der Waals surface area contributed by atoms with Crippen LogP contribution in [0.3, 0.4) is 0 Å². The second-order valence-corrected chi connectivity index (χ2v) is 9.32. The van der Waals surface area contributed by atoms with Crippen LogP contribution in [-0.2, 0) is 4.57 Å². The molecule has 0 aliphatic rings. The van der Waals surface area contributed by atoms with E-state index in [1.807, 2.05) is 26.0 Å². The smallest absolute Gasteiger partial charge is 0.312 e. The molecule has 0 saturated heterocycles. The number of nitrogens with one attached hydrogen (secondary N) is 2. The average Bonchev–Trinajstić information content (AvgIpc) is 2.40. The van der Waals surface area contributed by atoms with Crippen molar-refractivity contribution in [3.05, 3.63) is 29.3 Å². The minimum atomic E-state index is -2.74. The van der Waals surface area contributed by atoms with Crippen molar-refractivity contribution in [2.24, 2.45) is 4.76 Å². The molecule has 1 unspecified atom stereocenters. The number of hydrogen-bond acceptors (Lipinski definition) is 2. The van der Waals surface area contributed by atoms with Gasteiger partial charge in [-0.25, -0.2) is 5.09 Å². The molecule has 1 rings (SSSR count). The van der Waals surface area contributed by atoms with Gasteiger partial charge in [0.15, 0.2) is 0 Å². The molecule has 1 atom stereocenters. The predicted molar refractivity (Wildman–Crippen MR) is 92.1 cm³/mol. The van der Waals surface area contributed by atoms with E-state index in [0.717, 1.165) is 23.4 Å².